The third-order valence-electron chi connectivity index (χ3n) is 6.43. The molecule has 6 heteroatoms. The van der Waals surface area contributed by atoms with Crippen molar-refractivity contribution in [3.05, 3.63) is 71.8 Å². The minimum absolute atomic E-state index is 0.249. The summed E-state index contributed by atoms with van der Waals surface area (Å²) >= 11 is 0. The minimum atomic E-state index is 0.249. The van der Waals surface area contributed by atoms with Crippen molar-refractivity contribution < 1.29 is 4.79 Å². The molecule has 1 amide bonds. The largest absolute Gasteiger partial charge is 0.347 e. The first-order chi connectivity index (χ1) is 15.1. The van der Waals surface area contributed by atoms with Crippen LogP contribution in [0.4, 0.5) is 0 Å². The van der Waals surface area contributed by atoms with Gasteiger partial charge < -0.3 is 13.9 Å². The summed E-state index contributed by atoms with van der Waals surface area (Å²) in [4.78, 5) is 22.0. The summed E-state index contributed by atoms with van der Waals surface area (Å²) in [5, 5.41) is 1.22. The molecule has 0 spiro atoms. The molecule has 1 saturated heterocycles. The number of carbonyl (C=O) groups is 1. The molecule has 3 aromatic heterocycles. The van der Waals surface area contributed by atoms with Gasteiger partial charge in [0.05, 0.1) is 11.4 Å². The van der Waals surface area contributed by atoms with E-state index in [-0.39, 0.29) is 5.91 Å². The highest BCUT2D eigenvalue weighted by Crippen LogP contribution is 2.18. The average Bonchev–Trinajstić information content (AvgIpc) is 3.33. The van der Waals surface area contributed by atoms with Crippen LogP contribution in [0.3, 0.4) is 0 Å². The Labute approximate surface area is 182 Å². The highest BCUT2D eigenvalue weighted by atomic mass is 16.2. The van der Waals surface area contributed by atoms with Crippen molar-refractivity contribution in [1.29, 1.82) is 0 Å². The molecule has 0 unspecified atom stereocenters. The van der Waals surface area contributed by atoms with Gasteiger partial charge in [-0.25, -0.2) is 4.98 Å². The van der Waals surface area contributed by atoms with E-state index in [1.807, 2.05) is 17.0 Å². The molecule has 0 N–H and O–H groups in total. The van der Waals surface area contributed by atoms with Crippen LogP contribution in [0.15, 0.2) is 54.9 Å². The maximum absolute atomic E-state index is 12.8. The number of benzene rings is 1. The van der Waals surface area contributed by atoms with Gasteiger partial charge in [-0.2, -0.15) is 0 Å². The van der Waals surface area contributed by atoms with E-state index in [1.165, 1.54) is 22.2 Å². The van der Waals surface area contributed by atoms with Gasteiger partial charge in [0, 0.05) is 63.6 Å². The molecule has 0 aliphatic carbocycles. The Balaban J connectivity index is 1.17. The van der Waals surface area contributed by atoms with E-state index in [0.29, 0.717) is 6.42 Å². The van der Waals surface area contributed by atoms with E-state index in [9.17, 15) is 4.79 Å². The number of piperazine rings is 1. The van der Waals surface area contributed by atoms with E-state index in [1.54, 1.807) is 0 Å². The quantitative estimate of drug-likeness (QED) is 0.500. The average molecular weight is 416 g/mol. The molecule has 1 fully saturated rings. The summed E-state index contributed by atoms with van der Waals surface area (Å²) in [7, 11) is 0. The summed E-state index contributed by atoms with van der Waals surface area (Å²) in [6.45, 7) is 9.16. The number of nitrogens with zero attached hydrogens (tertiary/aromatic N) is 5. The van der Waals surface area contributed by atoms with Crippen LogP contribution in [0.5, 0.6) is 0 Å². The summed E-state index contributed by atoms with van der Waals surface area (Å²) < 4.78 is 4.37. The van der Waals surface area contributed by atoms with Crippen molar-refractivity contribution in [1.82, 2.24) is 23.8 Å². The lowest BCUT2D eigenvalue weighted by Gasteiger charge is -2.34. The van der Waals surface area contributed by atoms with Gasteiger partial charge in [0.25, 0.3) is 0 Å². The van der Waals surface area contributed by atoms with Gasteiger partial charge in [-0.1, -0.05) is 18.2 Å². The highest BCUT2D eigenvalue weighted by Gasteiger charge is 2.22. The Morgan fingerprint density at radius 2 is 1.81 bits per heavy atom. The third-order valence-corrected chi connectivity index (χ3v) is 6.43. The molecule has 5 rings (SSSR count). The number of rotatable bonds is 5. The fourth-order valence-electron chi connectivity index (χ4n) is 4.58. The lowest BCUT2D eigenvalue weighted by atomic mass is 10.2. The van der Waals surface area contributed by atoms with Crippen LogP contribution in [0.1, 0.15) is 23.4 Å². The monoisotopic (exact) mass is 415 g/mol. The lowest BCUT2D eigenvalue weighted by molar-refractivity contribution is -0.133. The number of fused-ring (bicyclic) bond motifs is 2. The molecule has 6 nitrogen and oxygen atoms in total. The fourth-order valence-corrected chi connectivity index (χ4v) is 4.58. The normalized spacial score (nSPS) is 15.2. The number of hydrogen-bond acceptors (Lipinski definition) is 3. The van der Waals surface area contributed by atoms with Crippen molar-refractivity contribution >= 4 is 22.5 Å². The zero-order valence-corrected chi connectivity index (χ0v) is 18.3. The van der Waals surface area contributed by atoms with Gasteiger partial charge in [-0.15, -0.1) is 0 Å². The maximum Gasteiger partial charge on any atom is 0.224 e. The molecule has 1 aliphatic heterocycles. The Morgan fingerprint density at radius 1 is 1.00 bits per heavy atom. The number of para-hydroxylation sites is 1. The number of carbonyl (C=O) groups excluding carboxylic acids is 1. The van der Waals surface area contributed by atoms with E-state index in [4.69, 9.17) is 4.98 Å². The summed E-state index contributed by atoms with van der Waals surface area (Å²) in [5.41, 5.74) is 5.76. The SMILES string of the molecule is Cc1ccn2c(CN3CCN(C(=O)CCn4ccc5ccccc54)CC3)c(C)nc2c1. The van der Waals surface area contributed by atoms with Gasteiger partial charge in [-0.05, 0) is 49.1 Å². The zero-order valence-electron chi connectivity index (χ0n) is 18.3. The van der Waals surface area contributed by atoms with Crippen LogP contribution < -0.4 is 0 Å². The standard InChI is InChI=1S/C25H29N5O/c1-19-7-12-30-23(20(2)26-24(30)17-19)18-27-13-15-29(16-14-27)25(31)9-11-28-10-8-21-5-3-4-6-22(21)28/h3-8,10,12,17H,9,11,13-16,18H2,1-2H3. The predicted molar refractivity (Wildman–Crippen MR) is 123 cm³/mol. The number of amides is 1. The second kappa shape index (κ2) is 8.19. The van der Waals surface area contributed by atoms with Crippen LogP contribution >= 0.6 is 0 Å². The van der Waals surface area contributed by atoms with Crippen molar-refractivity contribution in [2.75, 3.05) is 26.2 Å². The number of aromatic nitrogens is 3. The predicted octanol–water partition coefficient (Wildman–Crippen LogP) is 3.64. The maximum atomic E-state index is 12.8. The van der Waals surface area contributed by atoms with Crippen LogP contribution in [0, 0.1) is 13.8 Å². The molecule has 1 aliphatic rings. The van der Waals surface area contributed by atoms with E-state index in [0.717, 1.165) is 50.6 Å². The van der Waals surface area contributed by atoms with Crippen molar-refractivity contribution in [3.63, 3.8) is 0 Å². The Hall–Kier alpha value is -3.12. The van der Waals surface area contributed by atoms with E-state index < -0.39 is 0 Å². The second-order valence-electron chi connectivity index (χ2n) is 8.55. The van der Waals surface area contributed by atoms with Gasteiger partial charge >= 0.3 is 0 Å². The van der Waals surface area contributed by atoms with E-state index in [2.05, 4.69) is 70.4 Å². The number of aryl methyl sites for hydroxylation is 3. The number of imidazole rings is 1. The minimum Gasteiger partial charge on any atom is -0.347 e. The van der Waals surface area contributed by atoms with Crippen molar-refractivity contribution in [2.45, 2.75) is 33.4 Å². The Morgan fingerprint density at radius 3 is 2.65 bits per heavy atom. The molecule has 1 aromatic carbocycles. The molecule has 0 saturated carbocycles. The zero-order chi connectivity index (χ0) is 21.4. The van der Waals surface area contributed by atoms with Gasteiger partial charge in [0.2, 0.25) is 5.91 Å². The first-order valence-corrected chi connectivity index (χ1v) is 11.1. The summed E-state index contributed by atoms with van der Waals surface area (Å²) in [5.74, 6) is 0.249. The number of hydrogen-bond donors (Lipinski definition) is 0. The molecule has 0 atom stereocenters. The molecular weight excluding hydrogens is 386 g/mol. The van der Waals surface area contributed by atoms with E-state index >= 15 is 0 Å². The fraction of sp³-hybridized carbons (Fsp3) is 0.360. The molecule has 0 bridgehead atoms. The lowest BCUT2D eigenvalue weighted by Crippen LogP contribution is -2.48. The molecule has 4 aromatic rings. The van der Waals surface area contributed by atoms with Crippen molar-refractivity contribution in [3.8, 4) is 0 Å². The third kappa shape index (κ3) is 3.95. The molecular formula is C25H29N5O. The molecule has 0 radical (unpaired) electrons. The topological polar surface area (TPSA) is 45.8 Å². The van der Waals surface area contributed by atoms with Crippen molar-refractivity contribution in [2.24, 2.45) is 0 Å². The van der Waals surface area contributed by atoms with Gasteiger partial charge in [-0.3, -0.25) is 9.69 Å². The molecule has 4 heterocycles. The first-order valence-electron chi connectivity index (χ1n) is 11.1. The van der Waals surface area contributed by atoms with Crippen LogP contribution in [0.2, 0.25) is 0 Å². The molecule has 31 heavy (non-hydrogen) atoms. The van der Waals surface area contributed by atoms with Gasteiger partial charge in [0.1, 0.15) is 5.65 Å². The molecule has 160 valence electrons. The van der Waals surface area contributed by atoms with Gasteiger partial charge in [0.15, 0.2) is 0 Å². The van der Waals surface area contributed by atoms with Crippen LogP contribution in [-0.2, 0) is 17.9 Å². The van der Waals surface area contributed by atoms with Crippen LogP contribution in [-0.4, -0.2) is 55.8 Å². The summed E-state index contributed by atoms with van der Waals surface area (Å²) in [6, 6.07) is 14.7. The number of pyridine rings is 1. The van der Waals surface area contributed by atoms with Crippen LogP contribution in [0.25, 0.3) is 16.6 Å². The Kier molecular flexibility index (Phi) is 5.24. The second-order valence-corrected chi connectivity index (χ2v) is 8.55. The first kappa shape index (κ1) is 19.8. The highest BCUT2D eigenvalue weighted by molar-refractivity contribution is 5.80. The summed E-state index contributed by atoms with van der Waals surface area (Å²) in [6.07, 6.45) is 4.74. The smallest absolute Gasteiger partial charge is 0.224 e. The Bertz CT molecular complexity index is 1230.